The summed E-state index contributed by atoms with van der Waals surface area (Å²) in [6, 6.07) is 8.30. The van der Waals surface area contributed by atoms with Crippen LogP contribution in [0, 0.1) is 0 Å². The molecule has 0 aliphatic heterocycles. The molecule has 2 amide bonds. The first-order chi connectivity index (χ1) is 13.8. The smallest absolute Gasteiger partial charge is 0.252 e. The highest BCUT2D eigenvalue weighted by Gasteiger charge is 2.39. The van der Waals surface area contributed by atoms with E-state index < -0.39 is 23.5 Å². The number of hydrogen-bond donors (Lipinski definition) is 3. The van der Waals surface area contributed by atoms with E-state index in [9.17, 15) is 14.0 Å². The van der Waals surface area contributed by atoms with Gasteiger partial charge in [-0.25, -0.2) is 8.91 Å². The summed E-state index contributed by atoms with van der Waals surface area (Å²) < 4.78 is 16.5. The Kier molecular flexibility index (Phi) is 4.49. The normalized spacial score (nSPS) is 21.4. The van der Waals surface area contributed by atoms with Crippen molar-refractivity contribution in [1.82, 2.24) is 9.61 Å². The molecule has 1 aliphatic rings. The molecule has 0 radical (unpaired) electrons. The molecule has 0 unspecified atom stereocenters. The summed E-state index contributed by atoms with van der Waals surface area (Å²) in [5, 5.41) is 7.49. The van der Waals surface area contributed by atoms with Crippen molar-refractivity contribution in [3.8, 4) is 11.1 Å². The van der Waals surface area contributed by atoms with Crippen LogP contribution in [-0.2, 0) is 0 Å². The second kappa shape index (κ2) is 6.88. The molecule has 2 aromatic heterocycles. The third-order valence-electron chi connectivity index (χ3n) is 5.61. The van der Waals surface area contributed by atoms with E-state index in [1.54, 1.807) is 41.9 Å². The molecule has 0 saturated heterocycles. The molecule has 1 saturated carbocycles. The highest BCUT2D eigenvalue weighted by atomic mass is 19.1. The van der Waals surface area contributed by atoms with E-state index in [1.165, 1.54) is 6.20 Å². The Morgan fingerprint density at radius 3 is 2.52 bits per heavy atom. The standard InChI is InChI=1S/C21H22FN5O2/c1-21(22)8-2-3-17(21)26-18-15(20(24)29)10-25-27-11-14(9-16(18)27)12-4-6-13(7-5-12)19(23)28/h4-7,9-11,17,26H,2-3,8H2,1H3,(H2,23,28)(H2,24,29)/t17-,21+/m1/s1. The van der Waals surface area contributed by atoms with Crippen LogP contribution in [0.5, 0.6) is 0 Å². The third kappa shape index (κ3) is 3.41. The van der Waals surface area contributed by atoms with Crippen molar-refractivity contribution in [3.63, 3.8) is 0 Å². The topological polar surface area (TPSA) is 116 Å². The molecule has 29 heavy (non-hydrogen) atoms. The summed E-state index contributed by atoms with van der Waals surface area (Å²) in [6.07, 6.45) is 5.10. The van der Waals surface area contributed by atoms with Gasteiger partial charge >= 0.3 is 0 Å². The Morgan fingerprint density at radius 1 is 1.21 bits per heavy atom. The van der Waals surface area contributed by atoms with E-state index in [-0.39, 0.29) is 5.56 Å². The van der Waals surface area contributed by atoms with Gasteiger partial charge in [-0.15, -0.1) is 0 Å². The van der Waals surface area contributed by atoms with Crippen LogP contribution in [0.15, 0.2) is 42.7 Å². The number of amides is 2. The first-order valence-electron chi connectivity index (χ1n) is 9.43. The first kappa shape index (κ1) is 18.9. The van der Waals surface area contributed by atoms with Gasteiger partial charge in [-0.1, -0.05) is 12.1 Å². The van der Waals surface area contributed by atoms with Crippen LogP contribution in [0.25, 0.3) is 16.6 Å². The lowest BCUT2D eigenvalue weighted by molar-refractivity contribution is 0.0992. The van der Waals surface area contributed by atoms with Gasteiger partial charge in [0.2, 0.25) is 5.91 Å². The van der Waals surface area contributed by atoms with Gasteiger partial charge in [-0.2, -0.15) is 5.10 Å². The average molecular weight is 395 g/mol. The summed E-state index contributed by atoms with van der Waals surface area (Å²) in [5.74, 6) is -1.13. The zero-order chi connectivity index (χ0) is 20.8. The molecule has 150 valence electrons. The van der Waals surface area contributed by atoms with Gasteiger partial charge in [0.15, 0.2) is 0 Å². The average Bonchev–Trinajstić information content (AvgIpc) is 3.25. The number of nitrogens with zero attached hydrogens (tertiary/aromatic N) is 2. The molecule has 1 aromatic carbocycles. The van der Waals surface area contributed by atoms with Crippen LogP contribution in [0.4, 0.5) is 10.1 Å². The van der Waals surface area contributed by atoms with Gasteiger partial charge in [0.25, 0.3) is 5.91 Å². The SMILES string of the molecule is C[C@]1(F)CCC[C@H]1Nc1c(C(N)=O)cnn2cc(-c3ccc(C(N)=O)cc3)cc12. The van der Waals surface area contributed by atoms with Gasteiger partial charge in [0.05, 0.1) is 29.0 Å². The zero-order valence-electron chi connectivity index (χ0n) is 16.0. The lowest BCUT2D eigenvalue weighted by atomic mass is 10.0. The maximum Gasteiger partial charge on any atom is 0.252 e. The van der Waals surface area contributed by atoms with Crippen molar-refractivity contribution in [1.29, 1.82) is 0 Å². The number of carbonyl (C=O) groups excluding carboxylic acids is 2. The Balaban J connectivity index is 1.79. The molecule has 2 atom stereocenters. The van der Waals surface area contributed by atoms with Gasteiger partial charge in [0.1, 0.15) is 5.67 Å². The lowest BCUT2D eigenvalue weighted by Gasteiger charge is -2.26. The molecule has 1 fully saturated rings. The van der Waals surface area contributed by atoms with Gasteiger partial charge in [-0.3, -0.25) is 9.59 Å². The number of alkyl halides is 1. The Hall–Kier alpha value is -3.42. The van der Waals surface area contributed by atoms with E-state index in [1.807, 2.05) is 6.07 Å². The molecule has 0 bridgehead atoms. The van der Waals surface area contributed by atoms with Crippen molar-refractivity contribution in [2.45, 2.75) is 37.9 Å². The number of nitrogens with two attached hydrogens (primary N) is 2. The predicted molar refractivity (Wildman–Crippen MR) is 108 cm³/mol. The van der Waals surface area contributed by atoms with Crippen LogP contribution in [0.2, 0.25) is 0 Å². The van der Waals surface area contributed by atoms with Crippen LogP contribution >= 0.6 is 0 Å². The fourth-order valence-electron chi connectivity index (χ4n) is 3.90. The largest absolute Gasteiger partial charge is 0.377 e. The Bertz CT molecular complexity index is 1100. The second-order valence-corrected chi connectivity index (χ2v) is 7.66. The molecular formula is C21H22FN5O2. The molecule has 8 heteroatoms. The highest BCUT2D eigenvalue weighted by Crippen LogP contribution is 2.37. The molecular weight excluding hydrogens is 373 g/mol. The number of rotatable bonds is 5. The minimum atomic E-state index is -1.37. The van der Waals surface area contributed by atoms with Crippen LogP contribution < -0.4 is 16.8 Å². The van der Waals surface area contributed by atoms with E-state index in [2.05, 4.69) is 10.4 Å². The minimum absolute atomic E-state index is 0.217. The maximum absolute atomic E-state index is 14.8. The number of carbonyl (C=O) groups is 2. The first-order valence-corrected chi connectivity index (χ1v) is 9.43. The van der Waals surface area contributed by atoms with E-state index in [4.69, 9.17) is 11.5 Å². The molecule has 2 heterocycles. The molecule has 4 rings (SSSR count). The summed E-state index contributed by atoms with van der Waals surface area (Å²) in [7, 11) is 0. The summed E-state index contributed by atoms with van der Waals surface area (Å²) >= 11 is 0. The second-order valence-electron chi connectivity index (χ2n) is 7.66. The lowest BCUT2D eigenvalue weighted by Crippen LogP contribution is -2.36. The molecule has 0 spiro atoms. The van der Waals surface area contributed by atoms with Crippen LogP contribution in [0.3, 0.4) is 0 Å². The van der Waals surface area contributed by atoms with Gasteiger partial charge in [-0.05, 0) is 49.9 Å². The summed E-state index contributed by atoms with van der Waals surface area (Å²) in [5.41, 5.74) is 12.9. The number of hydrogen-bond acceptors (Lipinski definition) is 4. The summed E-state index contributed by atoms with van der Waals surface area (Å²) in [6.45, 7) is 1.57. The van der Waals surface area contributed by atoms with Crippen molar-refractivity contribution < 1.29 is 14.0 Å². The van der Waals surface area contributed by atoms with E-state index in [0.717, 1.165) is 17.5 Å². The number of fused-ring (bicyclic) bond motifs is 1. The predicted octanol–water partition coefficient (Wildman–Crippen LogP) is 2.89. The summed E-state index contributed by atoms with van der Waals surface area (Å²) in [4.78, 5) is 23.3. The molecule has 7 nitrogen and oxygen atoms in total. The number of halogens is 1. The van der Waals surface area contributed by atoms with Crippen LogP contribution in [-0.4, -0.2) is 33.1 Å². The quantitative estimate of drug-likeness (QED) is 0.616. The number of aromatic nitrogens is 2. The monoisotopic (exact) mass is 395 g/mol. The minimum Gasteiger partial charge on any atom is -0.377 e. The van der Waals surface area contributed by atoms with Crippen LogP contribution in [0.1, 0.15) is 46.9 Å². The Labute approximate surface area is 166 Å². The third-order valence-corrected chi connectivity index (χ3v) is 5.61. The van der Waals surface area contributed by atoms with Gasteiger partial charge < -0.3 is 16.8 Å². The van der Waals surface area contributed by atoms with Gasteiger partial charge in [0, 0.05) is 17.3 Å². The highest BCUT2D eigenvalue weighted by molar-refractivity contribution is 6.02. The zero-order valence-corrected chi connectivity index (χ0v) is 16.0. The molecule has 1 aliphatic carbocycles. The molecule has 5 N–H and O–H groups in total. The Morgan fingerprint density at radius 2 is 1.93 bits per heavy atom. The molecule has 3 aromatic rings. The van der Waals surface area contributed by atoms with Crippen molar-refractivity contribution in [2.75, 3.05) is 5.32 Å². The fourth-order valence-corrected chi connectivity index (χ4v) is 3.90. The van der Waals surface area contributed by atoms with Crippen molar-refractivity contribution in [2.24, 2.45) is 11.5 Å². The number of benzene rings is 1. The number of primary amides is 2. The van der Waals surface area contributed by atoms with E-state index >= 15 is 0 Å². The number of anilines is 1. The number of nitrogens with one attached hydrogen (secondary N) is 1. The van der Waals surface area contributed by atoms with Crippen molar-refractivity contribution in [3.05, 3.63) is 53.9 Å². The van der Waals surface area contributed by atoms with E-state index in [0.29, 0.717) is 29.6 Å². The maximum atomic E-state index is 14.8. The van der Waals surface area contributed by atoms with Crippen molar-refractivity contribution >= 4 is 23.0 Å². The fraction of sp³-hybridized carbons (Fsp3) is 0.286.